The zero-order valence-corrected chi connectivity index (χ0v) is 18.3. The fourth-order valence-electron chi connectivity index (χ4n) is 3.79. The molecule has 1 fully saturated rings. The highest BCUT2D eigenvalue weighted by Gasteiger charge is 2.34. The van der Waals surface area contributed by atoms with E-state index in [1.54, 1.807) is 53.1 Å². The van der Waals surface area contributed by atoms with Crippen LogP contribution >= 0.6 is 11.6 Å². The second-order valence-electron chi connectivity index (χ2n) is 7.37. The summed E-state index contributed by atoms with van der Waals surface area (Å²) < 4.78 is 28.3. The second kappa shape index (κ2) is 9.18. The molecule has 1 saturated heterocycles. The third kappa shape index (κ3) is 4.63. The van der Waals surface area contributed by atoms with Crippen LogP contribution in [0.4, 0.5) is 5.69 Å². The molecule has 0 spiro atoms. The Morgan fingerprint density at radius 2 is 1.81 bits per heavy atom. The van der Waals surface area contributed by atoms with Gasteiger partial charge in [-0.15, -0.1) is 0 Å². The Bertz CT molecular complexity index is 1170. The fourth-order valence-corrected chi connectivity index (χ4v) is 5.69. The van der Waals surface area contributed by atoms with E-state index in [1.165, 1.54) is 12.1 Å². The number of sulfonamides is 1. The van der Waals surface area contributed by atoms with Crippen molar-refractivity contribution in [1.29, 1.82) is 0 Å². The van der Waals surface area contributed by atoms with Crippen LogP contribution in [0.3, 0.4) is 0 Å². The van der Waals surface area contributed by atoms with Gasteiger partial charge in [0.15, 0.2) is 0 Å². The Kier molecular flexibility index (Phi) is 6.36. The molecule has 2 aromatic carbocycles. The first kappa shape index (κ1) is 21.5. The van der Waals surface area contributed by atoms with Gasteiger partial charge in [0, 0.05) is 24.6 Å². The largest absolute Gasteiger partial charge is 0.322 e. The lowest BCUT2D eigenvalue weighted by Crippen LogP contribution is -2.38. The van der Waals surface area contributed by atoms with Crippen molar-refractivity contribution in [3.8, 4) is 0 Å². The summed E-state index contributed by atoms with van der Waals surface area (Å²) in [4.78, 5) is 16.8. The Morgan fingerprint density at radius 1 is 1.03 bits per heavy atom. The van der Waals surface area contributed by atoms with E-state index in [2.05, 4.69) is 10.3 Å². The molecule has 8 heteroatoms. The molecule has 0 radical (unpaired) electrons. The Morgan fingerprint density at radius 3 is 2.52 bits per heavy atom. The van der Waals surface area contributed by atoms with E-state index >= 15 is 0 Å². The van der Waals surface area contributed by atoms with Crippen LogP contribution in [0.2, 0.25) is 5.02 Å². The van der Waals surface area contributed by atoms with E-state index in [1.807, 2.05) is 12.1 Å². The molecular weight excluding hydrogens is 434 g/mol. The normalized spacial score (nSPS) is 17.3. The number of halogens is 1. The van der Waals surface area contributed by atoms with Crippen molar-refractivity contribution in [2.75, 3.05) is 11.9 Å². The summed E-state index contributed by atoms with van der Waals surface area (Å²) in [6.45, 7) is 0.465. The lowest BCUT2D eigenvalue weighted by molar-refractivity contribution is 0.102. The minimum atomic E-state index is -3.69. The number of carbonyl (C=O) groups is 1. The summed E-state index contributed by atoms with van der Waals surface area (Å²) >= 11 is 6.07. The maximum absolute atomic E-state index is 13.4. The van der Waals surface area contributed by atoms with Crippen molar-refractivity contribution >= 4 is 33.2 Å². The zero-order chi connectivity index (χ0) is 21.8. The van der Waals surface area contributed by atoms with Gasteiger partial charge in [0.2, 0.25) is 10.0 Å². The van der Waals surface area contributed by atoms with Gasteiger partial charge < -0.3 is 5.32 Å². The Labute approximate surface area is 186 Å². The van der Waals surface area contributed by atoms with Gasteiger partial charge in [0.25, 0.3) is 5.91 Å². The number of nitrogens with zero attached hydrogens (tertiary/aromatic N) is 2. The molecule has 3 aromatic rings. The number of hydrogen-bond donors (Lipinski definition) is 1. The molecule has 0 aliphatic carbocycles. The number of hydrogen-bond acceptors (Lipinski definition) is 4. The smallest absolute Gasteiger partial charge is 0.257 e. The third-order valence-corrected chi connectivity index (χ3v) is 7.61. The number of amides is 1. The number of carbonyl (C=O) groups excluding carboxylic acids is 1. The molecule has 1 N–H and O–H groups in total. The van der Waals surface area contributed by atoms with E-state index in [-0.39, 0.29) is 16.8 Å². The molecule has 2 heterocycles. The number of anilines is 1. The number of nitrogens with one attached hydrogen (secondary N) is 1. The first-order chi connectivity index (χ1) is 15.0. The average molecular weight is 456 g/mol. The highest BCUT2D eigenvalue weighted by molar-refractivity contribution is 7.89. The van der Waals surface area contributed by atoms with Gasteiger partial charge in [-0.3, -0.25) is 9.78 Å². The number of benzene rings is 2. The van der Waals surface area contributed by atoms with Crippen LogP contribution in [-0.4, -0.2) is 30.2 Å². The van der Waals surface area contributed by atoms with Crippen LogP contribution in [0, 0.1) is 0 Å². The minimum absolute atomic E-state index is 0.194. The molecule has 1 aromatic heterocycles. The summed E-state index contributed by atoms with van der Waals surface area (Å²) in [5, 5.41) is 3.10. The number of aromatic nitrogens is 1. The molecule has 0 saturated carbocycles. The zero-order valence-electron chi connectivity index (χ0n) is 16.7. The Balaban J connectivity index is 1.55. The highest BCUT2D eigenvalue weighted by Crippen LogP contribution is 2.35. The van der Waals surface area contributed by atoms with Crippen LogP contribution in [0.25, 0.3) is 0 Å². The van der Waals surface area contributed by atoms with Crippen molar-refractivity contribution in [2.45, 2.75) is 30.2 Å². The summed E-state index contributed by atoms with van der Waals surface area (Å²) in [6, 6.07) is 16.5. The molecule has 160 valence electrons. The Hall–Kier alpha value is -2.74. The SMILES string of the molecule is O=C(Nc1ccc(S(=O)(=O)N2CCCC[C@@H]2c2cccnc2)cc1)c1ccccc1Cl. The monoisotopic (exact) mass is 455 g/mol. The minimum Gasteiger partial charge on any atom is -0.322 e. The van der Waals surface area contributed by atoms with Crippen molar-refractivity contribution in [2.24, 2.45) is 0 Å². The van der Waals surface area contributed by atoms with Gasteiger partial charge in [-0.1, -0.05) is 36.2 Å². The van der Waals surface area contributed by atoms with E-state index in [9.17, 15) is 13.2 Å². The molecule has 4 rings (SSSR count). The highest BCUT2D eigenvalue weighted by atomic mass is 35.5. The fraction of sp³-hybridized carbons (Fsp3) is 0.217. The number of rotatable bonds is 5. The van der Waals surface area contributed by atoms with Crippen LogP contribution < -0.4 is 5.32 Å². The molecule has 1 aliphatic heterocycles. The summed E-state index contributed by atoms with van der Waals surface area (Å²) in [5.41, 5.74) is 1.74. The first-order valence-electron chi connectivity index (χ1n) is 10.0. The quantitative estimate of drug-likeness (QED) is 0.593. The van der Waals surface area contributed by atoms with Gasteiger partial charge in [-0.2, -0.15) is 4.31 Å². The van der Waals surface area contributed by atoms with Gasteiger partial charge in [0.05, 0.1) is 21.5 Å². The molecule has 1 amide bonds. The first-order valence-corrected chi connectivity index (χ1v) is 11.9. The molecule has 1 atom stereocenters. The maximum Gasteiger partial charge on any atom is 0.257 e. The molecule has 31 heavy (non-hydrogen) atoms. The molecule has 0 bridgehead atoms. The average Bonchev–Trinajstić information content (AvgIpc) is 2.80. The van der Waals surface area contributed by atoms with E-state index in [0.29, 0.717) is 22.8 Å². The van der Waals surface area contributed by atoms with Crippen molar-refractivity contribution in [3.63, 3.8) is 0 Å². The third-order valence-electron chi connectivity index (χ3n) is 5.36. The van der Waals surface area contributed by atoms with Crippen LogP contribution in [-0.2, 0) is 10.0 Å². The summed E-state index contributed by atoms with van der Waals surface area (Å²) in [5.74, 6) is -0.353. The molecule has 1 aliphatic rings. The van der Waals surface area contributed by atoms with Gasteiger partial charge in [0.1, 0.15) is 0 Å². The van der Waals surface area contributed by atoms with Gasteiger partial charge >= 0.3 is 0 Å². The predicted molar refractivity (Wildman–Crippen MR) is 121 cm³/mol. The predicted octanol–water partition coefficient (Wildman–Crippen LogP) is 4.90. The number of piperidine rings is 1. The number of pyridine rings is 1. The van der Waals surface area contributed by atoms with Crippen LogP contribution in [0.5, 0.6) is 0 Å². The van der Waals surface area contributed by atoms with Crippen molar-refractivity contribution < 1.29 is 13.2 Å². The second-order valence-corrected chi connectivity index (χ2v) is 9.67. The lowest BCUT2D eigenvalue weighted by atomic mass is 9.99. The summed E-state index contributed by atoms with van der Waals surface area (Å²) in [7, 11) is -3.69. The van der Waals surface area contributed by atoms with E-state index < -0.39 is 10.0 Å². The van der Waals surface area contributed by atoms with Gasteiger partial charge in [-0.05, 0) is 60.9 Å². The van der Waals surface area contributed by atoms with Crippen LogP contribution in [0.1, 0.15) is 41.2 Å². The summed E-state index contributed by atoms with van der Waals surface area (Å²) in [6.07, 6.45) is 5.96. The maximum atomic E-state index is 13.4. The van der Waals surface area contributed by atoms with E-state index in [0.717, 1.165) is 24.8 Å². The van der Waals surface area contributed by atoms with E-state index in [4.69, 9.17) is 11.6 Å². The van der Waals surface area contributed by atoms with Crippen molar-refractivity contribution in [3.05, 3.63) is 89.2 Å². The molecular formula is C23H22ClN3O3S. The molecule has 6 nitrogen and oxygen atoms in total. The molecule has 0 unspecified atom stereocenters. The topological polar surface area (TPSA) is 79.4 Å². The van der Waals surface area contributed by atoms with Gasteiger partial charge in [-0.25, -0.2) is 8.42 Å². The lowest BCUT2D eigenvalue weighted by Gasteiger charge is -2.34. The van der Waals surface area contributed by atoms with Crippen molar-refractivity contribution in [1.82, 2.24) is 9.29 Å². The standard InChI is InChI=1S/C23H22ClN3O3S/c24-21-8-2-1-7-20(21)23(28)26-18-10-12-19(13-11-18)31(29,30)27-15-4-3-9-22(27)17-6-5-14-25-16-17/h1-2,5-8,10-14,16,22H,3-4,9,15H2,(H,26,28)/t22-/m1/s1. The van der Waals surface area contributed by atoms with Crippen LogP contribution in [0.15, 0.2) is 78.0 Å².